The lowest BCUT2D eigenvalue weighted by Crippen LogP contribution is -2.18. The Labute approximate surface area is 118 Å². The van der Waals surface area contributed by atoms with Gasteiger partial charge in [0, 0.05) is 21.3 Å². The van der Waals surface area contributed by atoms with E-state index in [2.05, 4.69) is 15.9 Å². The Hall–Kier alpha value is -0.910. The van der Waals surface area contributed by atoms with E-state index in [0.717, 1.165) is 9.35 Å². The fourth-order valence-corrected chi connectivity index (χ4v) is 3.07. The van der Waals surface area contributed by atoms with Gasteiger partial charge < -0.3 is 10.5 Å². The number of halogens is 2. The Balaban J connectivity index is 2.23. The number of hydrogen-bond acceptors (Lipinski definition) is 3. The van der Waals surface area contributed by atoms with Gasteiger partial charge in [0.2, 0.25) is 0 Å². The first-order chi connectivity index (χ1) is 8.61. The van der Waals surface area contributed by atoms with E-state index in [1.54, 1.807) is 25.1 Å². The lowest BCUT2D eigenvalue weighted by molar-refractivity contribution is 0.207. The van der Waals surface area contributed by atoms with E-state index in [0.29, 0.717) is 12.1 Å². The van der Waals surface area contributed by atoms with Gasteiger partial charge in [0.25, 0.3) is 0 Å². The predicted octanol–water partition coefficient (Wildman–Crippen LogP) is 4.04. The van der Waals surface area contributed by atoms with E-state index in [4.69, 9.17) is 10.5 Å². The molecule has 96 valence electrons. The third kappa shape index (κ3) is 2.91. The van der Waals surface area contributed by atoms with Crippen molar-refractivity contribution >= 4 is 27.3 Å². The van der Waals surface area contributed by atoms with E-state index in [1.807, 2.05) is 11.4 Å². The molecule has 0 saturated carbocycles. The zero-order chi connectivity index (χ0) is 13.1. The summed E-state index contributed by atoms with van der Waals surface area (Å²) in [5, 5.41) is 1.95. The molecule has 2 aromatic rings. The van der Waals surface area contributed by atoms with Gasteiger partial charge in [-0.1, -0.05) is 12.1 Å². The van der Waals surface area contributed by atoms with E-state index in [9.17, 15) is 4.39 Å². The van der Waals surface area contributed by atoms with Gasteiger partial charge in [0.1, 0.15) is 6.10 Å². The van der Waals surface area contributed by atoms with Crippen LogP contribution >= 0.6 is 27.3 Å². The Morgan fingerprint density at radius 2 is 2.28 bits per heavy atom. The van der Waals surface area contributed by atoms with Crippen LogP contribution in [0, 0.1) is 12.7 Å². The quantitative estimate of drug-likeness (QED) is 0.918. The molecule has 0 fully saturated rings. The first kappa shape index (κ1) is 13.5. The summed E-state index contributed by atoms with van der Waals surface area (Å²) in [6, 6.07) is 7.04. The molecule has 0 saturated heterocycles. The van der Waals surface area contributed by atoms with Crippen LogP contribution in [0.15, 0.2) is 34.1 Å². The smallest absolute Gasteiger partial charge is 0.167 e. The van der Waals surface area contributed by atoms with Crippen molar-refractivity contribution in [3.8, 4) is 5.75 Å². The van der Waals surface area contributed by atoms with E-state index in [-0.39, 0.29) is 17.7 Å². The molecule has 0 radical (unpaired) electrons. The molecule has 0 aliphatic heterocycles. The van der Waals surface area contributed by atoms with Gasteiger partial charge in [-0.2, -0.15) is 0 Å². The SMILES string of the molecule is Cc1cccc(OC(CN)c2cc(Br)cs2)c1F. The van der Waals surface area contributed by atoms with E-state index in [1.165, 1.54) is 11.3 Å². The van der Waals surface area contributed by atoms with Crippen molar-refractivity contribution in [1.82, 2.24) is 0 Å². The Kier molecular flexibility index (Phi) is 4.37. The van der Waals surface area contributed by atoms with Crippen molar-refractivity contribution < 1.29 is 9.13 Å². The predicted molar refractivity (Wildman–Crippen MR) is 75.6 cm³/mol. The molecule has 1 aromatic heterocycles. The maximum absolute atomic E-state index is 13.8. The molecule has 5 heteroatoms. The molecular weight excluding hydrogens is 317 g/mol. The summed E-state index contributed by atoms with van der Waals surface area (Å²) < 4.78 is 20.5. The fourth-order valence-electron chi connectivity index (χ4n) is 1.58. The summed E-state index contributed by atoms with van der Waals surface area (Å²) in [5.74, 6) is -0.0819. The highest BCUT2D eigenvalue weighted by Crippen LogP contribution is 2.30. The number of ether oxygens (including phenoxy) is 1. The minimum atomic E-state index is -0.327. The van der Waals surface area contributed by atoms with Crippen molar-refractivity contribution in [1.29, 1.82) is 0 Å². The van der Waals surface area contributed by atoms with E-state index < -0.39 is 0 Å². The molecule has 0 spiro atoms. The lowest BCUT2D eigenvalue weighted by atomic mass is 10.2. The summed E-state index contributed by atoms with van der Waals surface area (Å²) >= 11 is 4.92. The number of rotatable bonds is 4. The van der Waals surface area contributed by atoms with Gasteiger partial charge in [0.15, 0.2) is 11.6 Å². The van der Waals surface area contributed by atoms with Crippen LogP contribution in [-0.4, -0.2) is 6.54 Å². The Morgan fingerprint density at radius 1 is 1.50 bits per heavy atom. The summed E-state index contributed by atoms with van der Waals surface area (Å²) in [6.45, 7) is 2.02. The highest BCUT2D eigenvalue weighted by atomic mass is 79.9. The fraction of sp³-hybridized carbons (Fsp3) is 0.231. The molecule has 0 aliphatic carbocycles. The van der Waals surface area contributed by atoms with Crippen LogP contribution in [0.4, 0.5) is 4.39 Å². The summed E-state index contributed by atoms with van der Waals surface area (Å²) in [6.07, 6.45) is -0.322. The molecule has 2 N–H and O–H groups in total. The molecule has 1 atom stereocenters. The van der Waals surface area contributed by atoms with Gasteiger partial charge >= 0.3 is 0 Å². The third-order valence-electron chi connectivity index (χ3n) is 2.54. The highest BCUT2D eigenvalue weighted by molar-refractivity contribution is 9.10. The first-order valence-electron chi connectivity index (χ1n) is 5.47. The summed E-state index contributed by atoms with van der Waals surface area (Å²) in [5.41, 5.74) is 6.26. The van der Waals surface area contributed by atoms with Gasteiger partial charge in [-0.15, -0.1) is 11.3 Å². The standard InChI is InChI=1S/C13H13BrFNOS/c1-8-3-2-4-10(13(8)15)17-11(6-16)12-5-9(14)7-18-12/h2-5,7,11H,6,16H2,1H3. The normalized spacial score (nSPS) is 12.4. The van der Waals surface area contributed by atoms with Crippen LogP contribution in [-0.2, 0) is 0 Å². The highest BCUT2D eigenvalue weighted by Gasteiger charge is 2.16. The molecule has 2 rings (SSSR count). The molecule has 1 unspecified atom stereocenters. The molecule has 1 heterocycles. The number of hydrogen-bond donors (Lipinski definition) is 1. The van der Waals surface area contributed by atoms with Crippen molar-refractivity contribution in [3.05, 3.63) is 50.4 Å². The summed E-state index contributed by atoms with van der Waals surface area (Å²) in [7, 11) is 0. The van der Waals surface area contributed by atoms with Crippen LogP contribution in [0.25, 0.3) is 0 Å². The van der Waals surface area contributed by atoms with Crippen LogP contribution < -0.4 is 10.5 Å². The second-order valence-corrected chi connectivity index (χ2v) is 5.76. The molecule has 0 bridgehead atoms. The van der Waals surface area contributed by atoms with Crippen molar-refractivity contribution in [2.24, 2.45) is 5.73 Å². The minimum Gasteiger partial charge on any atom is -0.480 e. The summed E-state index contributed by atoms with van der Waals surface area (Å²) in [4.78, 5) is 0.977. The van der Waals surface area contributed by atoms with Crippen LogP contribution in [0.5, 0.6) is 5.75 Å². The maximum Gasteiger partial charge on any atom is 0.167 e. The van der Waals surface area contributed by atoms with Gasteiger partial charge in [-0.3, -0.25) is 0 Å². The van der Waals surface area contributed by atoms with Gasteiger partial charge in [-0.05, 0) is 40.5 Å². The number of aryl methyl sites for hydroxylation is 1. The minimum absolute atomic E-state index is 0.245. The molecule has 0 aliphatic rings. The average molecular weight is 330 g/mol. The molecule has 2 nitrogen and oxygen atoms in total. The zero-order valence-electron chi connectivity index (χ0n) is 9.82. The topological polar surface area (TPSA) is 35.2 Å². The van der Waals surface area contributed by atoms with Gasteiger partial charge in [-0.25, -0.2) is 4.39 Å². The second-order valence-electron chi connectivity index (χ2n) is 3.90. The third-order valence-corrected chi connectivity index (χ3v) is 4.33. The Bertz CT molecular complexity index is 544. The van der Waals surface area contributed by atoms with E-state index >= 15 is 0 Å². The van der Waals surface area contributed by atoms with Crippen molar-refractivity contribution in [2.45, 2.75) is 13.0 Å². The first-order valence-corrected chi connectivity index (χ1v) is 7.15. The monoisotopic (exact) mass is 329 g/mol. The molecule has 0 amide bonds. The molecular formula is C13H13BrFNOS. The number of thiophene rings is 1. The number of nitrogens with two attached hydrogens (primary N) is 1. The Morgan fingerprint density at radius 3 is 2.89 bits per heavy atom. The van der Waals surface area contributed by atoms with Gasteiger partial charge in [0.05, 0.1) is 0 Å². The van der Waals surface area contributed by atoms with Crippen molar-refractivity contribution in [2.75, 3.05) is 6.54 Å². The lowest BCUT2D eigenvalue weighted by Gasteiger charge is -2.17. The van der Waals surface area contributed by atoms with Crippen LogP contribution in [0.3, 0.4) is 0 Å². The number of benzene rings is 1. The molecule has 1 aromatic carbocycles. The second kappa shape index (κ2) is 5.82. The largest absolute Gasteiger partial charge is 0.480 e. The van der Waals surface area contributed by atoms with Crippen LogP contribution in [0.2, 0.25) is 0 Å². The molecule has 18 heavy (non-hydrogen) atoms. The average Bonchev–Trinajstić information content (AvgIpc) is 2.78. The maximum atomic E-state index is 13.8. The van der Waals surface area contributed by atoms with Crippen molar-refractivity contribution in [3.63, 3.8) is 0 Å². The zero-order valence-corrected chi connectivity index (χ0v) is 12.2. The van der Waals surface area contributed by atoms with Crippen LogP contribution in [0.1, 0.15) is 16.5 Å².